The van der Waals surface area contributed by atoms with E-state index in [9.17, 15) is 4.79 Å². The quantitative estimate of drug-likeness (QED) is 0.678. The van der Waals surface area contributed by atoms with Crippen LogP contribution in [-0.4, -0.2) is 17.8 Å². The number of hydrogen-bond donors (Lipinski definition) is 0. The standard InChI is InChI=1S/C7H14OS2.C5H12/c1-7(2,3)6(8)5-10-9-4;1-5(2,3)4/h5H2,1-4H3;1-4H3. The monoisotopic (exact) mass is 250 g/mol. The average molecular weight is 250 g/mol. The summed E-state index contributed by atoms with van der Waals surface area (Å²) in [6.45, 7) is 14.6. The van der Waals surface area contributed by atoms with E-state index >= 15 is 0 Å². The molecule has 0 saturated heterocycles. The Bertz CT molecular complexity index is 169. The molecule has 0 heterocycles. The highest BCUT2D eigenvalue weighted by atomic mass is 33.1. The second-order valence-corrected chi connectivity index (χ2v) is 8.67. The first-order valence-corrected chi connectivity index (χ1v) is 7.90. The van der Waals surface area contributed by atoms with Gasteiger partial charge in [0.2, 0.25) is 0 Å². The SMILES string of the molecule is CC(C)(C)C.CSSCC(=O)C(C)(C)C. The molecule has 1 nitrogen and oxygen atoms in total. The molecular weight excluding hydrogens is 224 g/mol. The Kier molecular flexibility index (Phi) is 9.01. The minimum atomic E-state index is -0.164. The summed E-state index contributed by atoms with van der Waals surface area (Å²) in [5, 5.41) is 0. The Labute approximate surface area is 104 Å². The van der Waals surface area contributed by atoms with E-state index in [0.717, 1.165) is 0 Å². The van der Waals surface area contributed by atoms with Crippen molar-refractivity contribution in [3.05, 3.63) is 0 Å². The molecule has 0 aromatic heterocycles. The lowest BCUT2D eigenvalue weighted by molar-refractivity contribution is -0.123. The van der Waals surface area contributed by atoms with E-state index in [-0.39, 0.29) is 5.41 Å². The van der Waals surface area contributed by atoms with Gasteiger partial charge in [-0.15, -0.1) is 0 Å². The Morgan fingerprint density at radius 3 is 1.53 bits per heavy atom. The number of carbonyl (C=O) groups is 1. The zero-order chi connectivity index (χ0) is 12.7. The Morgan fingerprint density at radius 2 is 1.33 bits per heavy atom. The fourth-order valence-electron chi connectivity index (χ4n) is 0.329. The third kappa shape index (κ3) is 20.4. The van der Waals surface area contributed by atoms with Crippen LogP contribution in [0, 0.1) is 10.8 Å². The van der Waals surface area contributed by atoms with Crippen LogP contribution in [-0.2, 0) is 4.79 Å². The van der Waals surface area contributed by atoms with Crippen LogP contribution < -0.4 is 0 Å². The maximum atomic E-state index is 11.2. The van der Waals surface area contributed by atoms with Gasteiger partial charge in [0.1, 0.15) is 5.78 Å². The normalized spacial score (nSPS) is 11.7. The zero-order valence-electron chi connectivity index (χ0n) is 11.4. The molecule has 0 unspecified atom stereocenters. The number of carbonyl (C=O) groups excluding carboxylic acids is 1. The van der Waals surface area contributed by atoms with Gasteiger partial charge in [0.25, 0.3) is 0 Å². The van der Waals surface area contributed by atoms with Crippen LogP contribution in [0.1, 0.15) is 48.5 Å². The predicted molar refractivity (Wildman–Crippen MR) is 75.6 cm³/mol. The summed E-state index contributed by atoms with van der Waals surface area (Å²) >= 11 is 0. The molecular formula is C12H26OS2. The van der Waals surface area contributed by atoms with Gasteiger partial charge < -0.3 is 0 Å². The van der Waals surface area contributed by atoms with E-state index in [1.165, 1.54) is 0 Å². The van der Waals surface area contributed by atoms with Gasteiger partial charge >= 0.3 is 0 Å². The van der Waals surface area contributed by atoms with Gasteiger partial charge in [0.05, 0.1) is 5.75 Å². The molecule has 3 heteroatoms. The third-order valence-corrected chi connectivity index (χ3v) is 2.82. The number of Topliss-reactive ketones (excluding diaryl/α,β-unsaturated/α-hetero) is 1. The summed E-state index contributed by atoms with van der Waals surface area (Å²) in [6, 6.07) is 0. The van der Waals surface area contributed by atoms with E-state index in [0.29, 0.717) is 17.0 Å². The number of ketones is 1. The van der Waals surface area contributed by atoms with Gasteiger partial charge in [0, 0.05) is 5.41 Å². The van der Waals surface area contributed by atoms with Crippen molar-refractivity contribution in [2.75, 3.05) is 12.0 Å². The van der Waals surface area contributed by atoms with Crippen LogP contribution in [0.5, 0.6) is 0 Å². The molecule has 15 heavy (non-hydrogen) atoms. The minimum absolute atomic E-state index is 0.164. The van der Waals surface area contributed by atoms with Crippen molar-refractivity contribution in [2.45, 2.75) is 48.5 Å². The van der Waals surface area contributed by atoms with Gasteiger partial charge in [-0.25, -0.2) is 0 Å². The van der Waals surface area contributed by atoms with Crippen molar-refractivity contribution in [1.82, 2.24) is 0 Å². The molecule has 0 bridgehead atoms. The van der Waals surface area contributed by atoms with Crippen molar-refractivity contribution in [3.8, 4) is 0 Å². The van der Waals surface area contributed by atoms with E-state index in [2.05, 4.69) is 27.7 Å². The van der Waals surface area contributed by atoms with Crippen molar-refractivity contribution >= 4 is 27.4 Å². The van der Waals surface area contributed by atoms with E-state index in [1.807, 2.05) is 27.0 Å². The highest BCUT2D eigenvalue weighted by Crippen LogP contribution is 2.22. The van der Waals surface area contributed by atoms with Gasteiger partial charge in [-0.1, -0.05) is 70.1 Å². The topological polar surface area (TPSA) is 17.1 Å². The first-order chi connectivity index (χ1) is 6.48. The van der Waals surface area contributed by atoms with Crippen LogP contribution >= 0.6 is 21.6 Å². The molecule has 0 aliphatic heterocycles. The summed E-state index contributed by atoms with van der Waals surface area (Å²) in [6.07, 6.45) is 1.99. The molecule has 0 radical (unpaired) electrons. The maximum Gasteiger partial charge on any atom is 0.148 e. The molecule has 0 aliphatic carbocycles. The van der Waals surface area contributed by atoms with Crippen LogP contribution in [0.2, 0.25) is 0 Å². The molecule has 0 aromatic rings. The summed E-state index contributed by atoms with van der Waals surface area (Å²) < 4.78 is 0. The van der Waals surface area contributed by atoms with E-state index < -0.39 is 0 Å². The van der Waals surface area contributed by atoms with Crippen molar-refractivity contribution in [3.63, 3.8) is 0 Å². The van der Waals surface area contributed by atoms with Gasteiger partial charge in [-0.05, 0) is 11.7 Å². The van der Waals surface area contributed by atoms with Crippen LogP contribution in [0.25, 0.3) is 0 Å². The maximum absolute atomic E-state index is 11.2. The highest BCUT2D eigenvalue weighted by molar-refractivity contribution is 8.76. The second-order valence-electron chi connectivity index (χ2n) is 6.10. The van der Waals surface area contributed by atoms with Gasteiger partial charge in [-0.3, -0.25) is 4.79 Å². The molecule has 0 amide bonds. The fraction of sp³-hybridized carbons (Fsp3) is 0.917. The summed E-state index contributed by atoms with van der Waals surface area (Å²) in [7, 11) is 3.25. The first kappa shape index (κ1) is 17.8. The Morgan fingerprint density at radius 1 is 1.00 bits per heavy atom. The summed E-state index contributed by atoms with van der Waals surface area (Å²) in [4.78, 5) is 11.2. The average Bonchev–Trinajstić information content (AvgIpc) is 1.94. The Balaban J connectivity index is 0. The summed E-state index contributed by atoms with van der Waals surface area (Å²) in [5.74, 6) is 0.955. The fourth-order valence-corrected chi connectivity index (χ4v) is 1.66. The smallest absolute Gasteiger partial charge is 0.148 e. The van der Waals surface area contributed by atoms with Crippen LogP contribution in [0.3, 0.4) is 0 Å². The first-order valence-electron chi connectivity index (χ1n) is 5.17. The van der Waals surface area contributed by atoms with Crippen LogP contribution in [0.4, 0.5) is 0 Å². The lowest BCUT2D eigenvalue weighted by atomic mass is 9.92. The van der Waals surface area contributed by atoms with Crippen LogP contribution in [0.15, 0.2) is 0 Å². The number of hydrogen-bond acceptors (Lipinski definition) is 3. The molecule has 0 fully saturated rings. The summed E-state index contributed by atoms with van der Waals surface area (Å²) in [5.41, 5.74) is 0.336. The molecule has 0 spiro atoms. The molecule has 0 N–H and O–H groups in total. The second kappa shape index (κ2) is 7.61. The lowest BCUT2D eigenvalue weighted by Gasteiger charge is -2.14. The lowest BCUT2D eigenvalue weighted by Crippen LogP contribution is -2.21. The largest absolute Gasteiger partial charge is 0.298 e. The number of rotatable bonds is 3. The molecule has 0 rings (SSSR count). The predicted octanol–water partition coefficient (Wildman–Crippen LogP) is 4.67. The van der Waals surface area contributed by atoms with E-state index in [1.54, 1.807) is 21.6 Å². The molecule has 0 atom stereocenters. The zero-order valence-corrected chi connectivity index (χ0v) is 13.1. The molecule has 0 aliphatic rings. The third-order valence-electron chi connectivity index (χ3n) is 1.14. The molecule has 92 valence electrons. The molecule has 0 saturated carbocycles. The Hall–Kier alpha value is 0.370. The highest BCUT2D eigenvalue weighted by Gasteiger charge is 2.20. The molecule has 0 aromatic carbocycles. The van der Waals surface area contributed by atoms with E-state index in [4.69, 9.17) is 0 Å². The minimum Gasteiger partial charge on any atom is -0.298 e. The van der Waals surface area contributed by atoms with Crippen molar-refractivity contribution in [1.29, 1.82) is 0 Å². The van der Waals surface area contributed by atoms with Crippen molar-refractivity contribution < 1.29 is 4.79 Å². The van der Waals surface area contributed by atoms with Crippen molar-refractivity contribution in [2.24, 2.45) is 10.8 Å². The van der Waals surface area contributed by atoms with Gasteiger partial charge in [0.15, 0.2) is 0 Å². The van der Waals surface area contributed by atoms with Gasteiger partial charge in [-0.2, -0.15) is 0 Å².